The van der Waals surface area contributed by atoms with Gasteiger partial charge in [0.2, 0.25) is 0 Å². The van der Waals surface area contributed by atoms with Crippen LogP contribution >= 0.6 is 0 Å². The van der Waals surface area contributed by atoms with Crippen LogP contribution < -0.4 is 5.32 Å². The summed E-state index contributed by atoms with van der Waals surface area (Å²) in [6, 6.07) is 55.5. The molecule has 1 heterocycles. The molecule has 42 heavy (non-hydrogen) atoms. The van der Waals surface area contributed by atoms with E-state index in [-0.39, 0.29) is 0 Å². The summed E-state index contributed by atoms with van der Waals surface area (Å²) in [6.45, 7) is 0. The van der Waals surface area contributed by atoms with Gasteiger partial charge < -0.3 is 9.73 Å². The molecule has 7 aromatic carbocycles. The molecule has 0 aliphatic rings. The molecule has 0 saturated heterocycles. The molecule has 0 bridgehead atoms. The van der Waals surface area contributed by atoms with Gasteiger partial charge in [-0.2, -0.15) is 0 Å². The number of hydrogen-bond acceptors (Lipinski definition) is 2. The minimum absolute atomic E-state index is 0.890. The number of fused-ring (bicyclic) bond motifs is 4. The van der Waals surface area contributed by atoms with Crippen molar-refractivity contribution in [3.8, 4) is 33.4 Å². The predicted molar refractivity (Wildman–Crippen MR) is 177 cm³/mol. The first kappa shape index (κ1) is 24.2. The summed E-state index contributed by atoms with van der Waals surface area (Å²) in [5, 5.41) is 8.66. The number of furan rings is 1. The Morgan fingerprint density at radius 3 is 1.90 bits per heavy atom. The van der Waals surface area contributed by atoms with Gasteiger partial charge in [-0.1, -0.05) is 140 Å². The summed E-state index contributed by atoms with van der Waals surface area (Å²) in [5.74, 6) is 0. The van der Waals surface area contributed by atoms with E-state index in [0.29, 0.717) is 0 Å². The van der Waals surface area contributed by atoms with Gasteiger partial charge in [0.15, 0.2) is 0 Å². The molecule has 8 rings (SSSR count). The molecular weight excluding hydrogens is 510 g/mol. The van der Waals surface area contributed by atoms with Crippen LogP contribution in [-0.4, -0.2) is 0 Å². The van der Waals surface area contributed by atoms with Crippen molar-refractivity contribution in [3.05, 3.63) is 158 Å². The zero-order valence-corrected chi connectivity index (χ0v) is 22.9. The lowest BCUT2D eigenvalue weighted by Crippen LogP contribution is -1.99. The Hall–Kier alpha value is -5.60. The molecule has 2 heteroatoms. The Morgan fingerprint density at radius 1 is 0.381 bits per heavy atom. The van der Waals surface area contributed by atoms with Gasteiger partial charge >= 0.3 is 0 Å². The zero-order valence-electron chi connectivity index (χ0n) is 22.9. The molecule has 0 aliphatic heterocycles. The minimum Gasteiger partial charge on any atom is -0.456 e. The van der Waals surface area contributed by atoms with Crippen molar-refractivity contribution in [2.45, 2.75) is 0 Å². The lowest BCUT2D eigenvalue weighted by Gasteiger charge is -2.20. The van der Waals surface area contributed by atoms with E-state index in [4.69, 9.17) is 4.42 Å². The minimum atomic E-state index is 0.890. The fourth-order valence-electron chi connectivity index (χ4n) is 6.19. The maximum atomic E-state index is 6.29. The van der Waals surface area contributed by atoms with Gasteiger partial charge in [-0.05, 0) is 45.7 Å². The Kier molecular flexibility index (Phi) is 5.82. The molecule has 0 amide bonds. The van der Waals surface area contributed by atoms with E-state index >= 15 is 0 Å². The monoisotopic (exact) mass is 537 g/mol. The second-order valence-electron chi connectivity index (χ2n) is 10.6. The standard InChI is InChI=1S/C40H27NO/c1-2-13-28(14-3-1)30-20-11-23-34(33-22-12-26-38-39(33)35-19-7-9-25-37(35)42-38)40(30)41-36-24-8-6-18-32(36)31-21-10-16-27-15-4-5-17-29(27)31/h1-26,41H. The van der Waals surface area contributed by atoms with E-state index in [1.54, 1.807) is 0 Å². The fraction of sp³-hybridized carbons (Fsp3) is 0. The highest BCUT2D eigenvalue weighted by Gasteiger charge is 2.19. The lowest BCUT2D eigenvalue weighted by molar-refractivity contribution is 0.669. The molecule has 0 atom stereocenters. The fourth-order valence-corrected chi connectivity index (χ4v) is 6.19. The van der Waals surface area contributed by atoms with Crippen LogP contribution in [0.2, 0.25) is 0 Å². The first-order chi connectivity index (χ1) is 20.8. The van der Waals surface area contributed by atoms with E-state index in [1.165, 1.54) is 16.3 Å². The van der Waals surface area contributed by atoms with E-state index in [1.807, 2.05) is 12.1 Å². The molecule has 0 aliphatic carbocycles. The van der Waals surface area contributed by atoms with Gasteiger partial charge in [-0.15, -0.1) is 0 Å². The average Bonchev–Trinajstić information content (AvgIpc) is 3.44. The summed E-state index contributed by atoms with van der Waals surface area (Å²) in [7, 11) is 0. The summed E-state index contributed by atoms with van der Waals surface area (Å²) in [4.78, 5) is 0. The highest BCUT2D eigenvalue weighted by molar-refractivity contribution is 6.14. The lowest BCUT2D eigenvalue weighted by atomic mass is 9.92. The number of nitrogens with one attached hydrogen (secondary N) is 1. The van der Waals surface area contributed by atoms with Crippen LogP contribution in [0.1, 0.15) is 0 Å². The van der Waals surface area contributed by atoms with Crippen molar-refractivity contribution in [3.63, 3.8) is 0 Å². The van der Waals surface area contributed by atoms with E-state index in [0.717, 1.165) is 61.1 Å². The molecule has 1 N–H and O–H groups in total. The van der Waals surface area contributed by atoms with Crippen LogP contribution in [0.4, 0.5) is 11.4 Å². The zero-order chi connectivity index (χ0) is 27.9. The smallest absolute Gasteiger partial charge is 0.136 e. The van der Waals surface area contributed by atoms with Crippen molar-refractivity contribution < 1.29 is 4.42 Å². The van der Waals surface area contributed by atoms with Crippen LogP contribution in [0.25, 0.3) is 66.1 Å². The SMILES string of the molecule is c1ccc(-c2cccc(-c3cccc4oc5ccccc5c34)c2Nc2ccccc2-c2cccc3ccccc23)cc1. The highest BCUT2D eigenvalue weighted by Crippen LogP contribution is 2.45. The Labute approximate surface area is 244 Å². The maximum Gasteiger partial charge on any atom is 0.136 e. The van der Waals surface area contributed by atoms with Gasteiger partial charge in [0.25, 0.3) is 0 Å². The van der Waals surface area contributed by atoms with Gasteiger partial charge in [-0.25, -0.2) is 0 Å². The van der Waals surface area contributed by atoms with Crippen molar-refractivity contribution in [1.82, 2.24) is 0 Å². The van der Waals surface area contributed by atoms with Gasteiger partial charge in [0.05, 0.1) is 5.69 Å². The highest BCUT2D eigenvalue weighted by atomic mass is 16.3. The molecule has 0 unspecified atom stereocenters. The number of hydrogen-bond donors (Lipinski definition) is 1. The third kappa shape index (κ3) is 4.05. The van der Waals surface area contributed by atoms with Crippen LogP contribution in [0, 0.1) is 0 Å². The number of rotatable bonds is 5. The third-order valence-corrected chi connectivity index (χ3v) is 8.11. The number of anilines is 2. The third-order valence-electron chi connectivity index (χ3n) is 8.11. The Bertz CT molecular complexity index is 2220. The van der Waals surface area contributed by atoms with Crippen molar-refractivity contribution in [1.29, 1.82) is 0 Å². The van der Waals surface area contributed by atoms with Crippen LogP contribution in [0.3, 0.4) is 0 Å². The first-order valence-electron chi connectivity index (χ1n) is 14.3. The molecular formula is C40H27NO. The van der Waals surface area contributed by atoms with Gasteiger partial charge in [0.1, 0.15) is 11.2 Å². The first-order valence-corrected chi connectivity index (χ1v) is 14.3. The van der Waals surface area contributed by atoms with Crippen molar-refractivity contribution in [2.24, 2.45) is 0 Å². The number of benzene rings is 7. The Balaban J connectivity index is 1.38. The predicted octanol–water partition coefficient (Wildman–Crippen LogP) is 11.5. The molecule has 0 spiro atoms. The number of para-hydroxylation sites is 3. The molecule has 0 fully saturated rings. The normalized spacial score (nSPS) is 11.3. The van der Waals surface area contributed by atoms with E-state index in [2.05, 4.69) is 151 Å². The molecule has 8 aromatic rings. The van der Waals surface area contributed by atoms with Gasteiger partial charge in [0, 0.05) is 33.2 Å². The van der Waals surface area contributed by atoms with Crippen LogP contribution in [0.5, 0.6) is 0 Å². The van der Waals surface area contributed by atoms with Gasteiger partial charge in [-0.3, -0.25) is 0 Å². The quantitative estimate of drug-likeness (QED) is 0.236. The molecule has 0 saturated carbocycles. The second kappa shape index (κ2) is 10.1. The maximum absolute atomic E-state index is 6.29. The van der Waals surface area contributed by atoms with E-state index < -0.39 is 0 Å². The van der Waals surface area contributed by atoms with Crippen molar-refractivity contribution in [2.75, 3.05) is 5.32 Å². The second-order valence-corrected chi connectivity index (χ2v) is 10.6. The molecule has 0 radical (unpaired) electrons. The largest absolute Gasteiger partial charge is 0.456 e. The Morgan fingerprint density at radius 2 is 0.976 bits per heavy atom. The average molecular weight is 538 g/mol. The molecule has 2 nitrogen and oxygen atoms in total. The molecule has 1 aromatic heterocycles. The molecule has 198 valence electrons. The summed E-state index contributed by atoms with van der Waals surface area (Å²) in [5.41, 5.74) is 10.8. The van der Waals surface area contributed by atoms with E-state index in [9.17, 15) is 0 Å². The topological polar surface area (TPSA) is 25.2 Å². The summed E-state index contributed by atoms with van der Waals surface area (Å²) >= 11 is 0. The van der Waals surface area contributed by atoms with Crippen LogP contribution in [-0.2, 0) is 0 Å². The summed E-state index contributed by atoms with van der Waals surface area (Å²) < 4.78 is 6.29. The summed E-state index contributed by atoms with van der Waals surface area (Å²) in [6.07, 6.45) is 0. The van der Waals surface area contributed by atoms with Crippen LogP contribution in [0.15, 0.2) is 162 Å². The van der Waals surface area contributed by atoms with Crippen molar-refractivity contribution >= 4 is 44.1 Å².